The van der Waals surface area contributed by atoms with Crippen LogP contribution < -0.4 is 4.74 Å². The molecule has 1 unspecified atom stereocenters. The van der Waals surface area contributed by atoms with Gasteiger partial charge in [-0.15, -0.1) is 0 Å². The quantitative estimate of drug-likeness (QED) is 0.370. The minimum absolute atomic E-state index is 0.234. The van der Waals surface area contributed by atoms with Gasteiger partial charge in [0.1, 0.15) is 17.4 Å². The van der Waals surface area contributed by atoms with Gasteiger partial charge in [-0.05, 0) is 57.4 Å². The Balaban J connectivity index is 2.28. The van der Waals surface area contributed by atoms with E-state index in [2.05, 4.69) is 25.7 Å². The van der Waals surface area contributed by atoms with Gasteiger partial charge in [0.15, 0.2) is 0 Å². The summed E-state index contributed by atoms with van der Waals surface area (Å²) in [5, 5.41) is 0. The maximum absolute atomic E-state index is 13.7. The predicted molar refractivity (Wildman–Crippen MR) is 136 cm³/mol. The summed E-state index contributed by atoms with van der Waals surface area (Å²) in [6.07, 6.45) is 4.63. The summed E-state index contributed by atoms with van der Waals surface area (Å²) in [5.74, 6) is 0.135. The Morgan fingerprint density at radius 1 is 1.15 bits per heavy atom. The van der Waals surface area contributed by atoms with Crippen molar-refractivity contribution in [2.24, 2.45) is 0 Å². The molecule has 2 rings (SSSR count). The number of rotatable bonds is 8. The number of imide groups is 1. The zero-order valence-corrected chi connectivity index (χ0v) is 22.7. The maximum Gasteiger partial charge on any atom is 0.417 e. The second-order valence-corrected chi connectivity index (χ2v) is 16.5. The van der Waals surface area contributed by atoms with E-state index in [1.165, 1.54) is 0 Å². The first-order valence-corrected chi connectivity index (χ1v) is 15.6. The minimum atomic E-state index is -1.25. The van der Waals surface area contributed by atoms with E-state index in [0.29, 0.717) is 25.9 Å². The predicted octanol–water partition coefficient (Wildman–Crippen LogP) is 5.23. The molecule has 7 nitrogen and oxygen atoms in total. The number of hydrogen-bond donors (Lipinski definition) is 0. The van der Waals surface area contributed by atoms with E-state index in [-0.39, 0.29) is 18.2 Å². The fourth-order valence-corrected chi connectivity index (χ4v) is 4.55. The Labute approximate surface area is 205 Å². The number of hydrogen-bond acceptors (Lipinski definition) is 5. The van der Waals surface area contributed by atoms with Crippen molar-refractivity contribution >= 4 is 26.0 Å². The fourth-order valence-electron chi connectivity index (χ4n) is 3.68. The molecule has 1 aromatic rings. The van der Waals surface area contributed by atoms with Crippen molar-refractivity contribution < 1.29 is 23.9 Å². The van der Waals surface area contributed by atoms with Crippen LogP contribution in [0.5, 0.6) is 5.75 Å². The lowest BCUT2D eigenvalue weighted by molar-refractivity contribution is -0.148. The molecule has 0 bridgehead atoms. The molecule has 1 saturated heterocycles. The molecule has 0 spiro atoms. The number of allylic oxidation sites excluding steroid dienone is 1. The molecule has 8 heteroatoms. The molecule has 0 aliphatic carbocycles. The molecule has 1 aliphatic heterocycles. The lowest BCUT2D eigenvalue weighted by Crippen LogP contribution is -2.56. The largest absolute Gasteiger partial charge is 0.497 e. The van der Waals surface area contributed by atoms with Crippen LogP contribution in [0.25, 0.3) is 0 Å². The van der Waals surface area contributed by atoms with Gasteiger partial charge >= 0.3 is 6.09 Å². The number of likely N-dealkylation sites (tertiary alicyclic amines) is 1. The van der Waals surface area contributed by atoms with Gasteiger partial charge in [-0.2, -0.15) is 0 Å². The Morgan fingerprint density at radius 3 is 2.35 bits per heavy atom. The van der Waals surface area contributed by atoms with Crippen LogP contribution in [0.2, 0.25) is 25.7 Å². The van der Waals surface area contributed by atoms with E-state index in [0.717, 1.165) is 22.3 Å². The summed E-state index contributed by atoms with van der Waals surface area (Å²) in [7, 11) is 0.361. The Kier molecular flexibility index (Phi) is 9.50. The van der Waals surface area contributed by atoms with Crippen LogP contribution in [0.3, 0.4) is 0 Å². The van der Waals surface area contributed by atoms with Crippen molar-refractivity contribution in [3.8, 4) is 5.75 Å². The third kappa shape index (κ3) is 8.63. The zero-order valence-electron chi connectivity index (χ0n) is 21.7. The monoisotopic (exact) mass is 488 g/mol. The highest BCUT2D eigenvalue weighted by atomic mass is 28.3. The van der Waals surface area contributed by atoms with E-state index in [4.69, 9.17) is 9.47 Å². The van der Waals surface area contributed by atoms with Gasteiger partial charge in [-0.25, -0.2) is 9.69 Å². The number of piperidine rings is 1. The minimum Gasteiger partial charge on any atom is -0.497 e. The van der Waals surface area contributed by atoms with Crippen LogP contribution in [0, 0.1) is 0 Å². The summed E-state index contributed by atoms with van der Waals surface area (Å²) >= 11 is 0. The van der Waals surface area contributed by atoms with Gasteiger partial charge in [-0.3, -0.25) is 9.59 Å². The number of amides is 3. The second-order valence-electron chi connectivity index (χ2n) is 11.0. The normalized spacial score (nSPS) is 17.1. The molecule has 188 valence electrons. The van der Waals surface area contributed by atoms with E-state index in [1.807, 2.05) is 30.3 Å². The summed E-state index contributed by atoms with van der Waals surface area (Å²) in [4.78, 5) is 42.0. The first-order chi connectivity index (χ1) is 15.8. The molecule has 1 atom stereocenters. The molecule has 3 amide bonds. The summed E-state index contributed by atoms with van der Waals surface area (Å²) < 4.78 is 10.7. The Morgan fingerprint density at radius 2 is 1.79 bits per heavy atom. The highest BCUT2D eigenvalue weighted by Gasteiger charge is 2.41. The number of carbonyl (C=O) groups is 3. The van der Waals surface area contributed by atoms with Crippen molar-refractivity contribution in [1.82, 2.24) is 9.80 Å². The highest BCUT2D eigenvalue weighted by Crippen LogP contribution is 2.24. The van der Waals surface area contributed by atoms with Crippen LogP contribution in [-0.4, -0.2) is 61.1 Å². The molecule has 1 aromatic carbocycles. The van der Waals surface area contributed by atoms with Gasteiger partial charge in [0.25, 0.3) is 0 Å². The number of benzene rings is 1. The van der Waals surface area contributed by atoms with Crippen molar-refractivity contribution in [1.29, 1.82) is 0 Å². The summed E-state index contributed by atoms with van der Waals surface area (Å²) in [6, 6.07) is 7.71. The van der Waals surface area contributed by atoms with Crippen LogP contribution in [0.4, 0.5) is 4.79 Å². The van der Waals surface area contributed by atoms with Crippen molar-refractivity contribution in [2.45, 2.75) is 83.9 Å². The number of nitrogens with zero attached hydrogens (tertiary/aromatic N) is 2. The van der Waals surface area contributed by atoms with E-state index in [9.17, 15) is 14.4 Å². The third-order valence-corrected chi connectivity index (χ3v) is 6.85. The lowest BCUT2D eigenvalue weighted by atomic mass is 10.00. The first-order valence-electron chi connectivity index (χ1n) is 11.9. The lowest BCUT2D eigenvalue weighted by Gasteiger charge is -2.36. The van der Waals surface area contributed by atoms with Crippen LogP contribution >= 0.6 is 0 Å². The fraction of sp³-hybridized carbons (Fsp3) is 0.577. The Bertz CT molecular complexity index is 884. The van der Waals surface area contributed by atoms with Gasteiger partial charge in [0.2, 0.25) is 11.8 Å². The molecule has 1 heterocycles. The average molecular weight is 489 g/mol. The number of methoxy groups -OCH3 is 1. The van der Waals surface area contributed by atoms with Gasteiger partial charge in [0.05, 0.1) is 7.11 Å². The highest BCUT2D eigenvalue weighted by molar-refractivity contribution is 6.76. The van der Waals surface area contributed by atoms with Crippen molar-refractivity contribution in [2.75, 3.05) is 13.7 Å². The zero-order chi connectivity index (χ0) is 25.5. The topological polar surface area (TPSA) is 76.2 Å². The maximum atomic E-state index is 13.7. The van der Waals surface area contributed by atoms with Crippen LogP contribution in [-0.2, 0) is 20.9 Å². The molecular weight excluding hydrogens is 448 g/mol. The Hall–Kier alpha value is -2.61. The van der Waals surface area contributed by atoms with Crippen molar-refractivity contribution in [3.05, 3.63) is 42.0 Å². The van der Waals surface area contributed by atoms with Gasteiger partial charge in [0, 0.05) is 27.6 Å². The summed E-state index contributed by atoms with van der Waals surface area (Å²) in [6.45, 7) is 12.9. The van der Waals surface area contributed by atoms with Crippen molar-refractivity contribution in [3.63, 3.8) is 0 Å². The van der Waals surface area contributed by atoms with E-state index in [1.54, 1.807) is 32.8 Å². The smallest absolute Gasteiger partial charge is 0.417 e. The molecule has 0 radical (unpaired) electrons. The average Bonchev–Trinajstić information content (AvgIpc) is 2.73. The molecule has 1 fully saturated rings. The van der Waals surface area contributed by atoms with Crippen LogP contribution in [0.1, 0.15) is 45.6 Å². The third-order valence-electron chi connectivity index (χ3n) is 5.39. The number of carbonyl (C=O) groups excluding carboxylic acids is 3. The molecule has 0 N–H and O–H groups in total. The molecule has 34 heavy (non-hydrogen) atoms. The SMILES string of the molecule is COc1ccc(CN(C/C=C/C[Si](C)(C)C)C(=O)C2CCCC(=O)N2C(=O)OC(C)(C)C)cc1. The van der Waals surface area contributed by atoms with Gasteiger partial charge in [-0.1, -0.05) is 43.9 Å². The molecular formula is C26H40N2O5Si. The second kappa shape index (κ2) is 11.7. The van der Waals surface area contributed by atoms with E-state index >= 15 is 0 Å². The number of ether oxygens (including phenoxy) is 2. The first kappa shape index (κ1) is 27.6. The molecule has 0 aromatic heterocycles. The summed E-state index contributed by atoms with van der Waals surface area (Å²) in [5.41, 5.74) is 0.184. The van der Waals surface area contributed by atoms with Crippen LogP contribution in [0.15, 0.2) is 36.4 Å². The molecule has 0 saturated carbocycles. The molecule has 1 aliphatic rings. The standard InChI is InChI=1S/C26H40N2O5Si/c1-26(2,3)33-25(31)28-22(11-10-12-23(28)29)24(30)27(17-8-9-18-34(5,6)7)19-20-13-15-21(32-4)16-14-20/h8-9,13-16,22H,10-12,17-19H2,1-7H3/b9-8+. The van der Waals surface area contributed by atoms with E-state index < -0.39 is 25.8 Å². The van der Waals surface area contributed by atoms with Gasteiger partial charge < -0.3 is 14.4 Å².